The van der Waals surface area contributed by atoms with Crippen LogP contribution in [0.3, 0.4) is 0 Å². The maximum absolute atomic E-state index is 12.7. The zero-order chi connectivity index (χ0) is 16.7. The number of aryl methyl sites for hydroxylation is 1. The Morgan fingerprint density at radius 3 is 2.46 bits per heavy atom. The summed E-state index contributed by atoms with van der Waals surface area (Å²) in [6.07, 6.45) is 0. The second kappa shape index (κ2) is 5.61. The van der Waals surface area contributed by atoms with Crippen molar-refractivity contribution in [3.8, 4) is 5.75 Å². The zero-order valence-corrected chi connectivity index (χ0v) is 14.5. The van der Waals surface area contributed by atoms with Gasteiger partial charge in [-0.1, -0.05) is 42.0 Å². The molecule has 4 rings (SSSR count). The summed E-state index contributed by atoms with van der Waals surface area (Å²) in [5.41, 5.74) is 0.999. The lowest BCUT2D eigenvalue weighted by Crippen LogP contribution is -2.10. The SMILES string of the molecule is Cc1ccc(S(=O)(=O)Oc2c3ccccc3cc3sccc23)cc1. The van der Waals surface area contributed by atoms with Crippen LogP contribution in [0.2, 0.25) is 0 Å². The maximum atomic E-state index is 12.7. The first-order valence-electron chi connectivity index (χ1n) is 7.45. The van der Waals surface area contributed by atoms with Crippen molar-refractivity contribution in [1.29, 1.82) is 0 Å². The summed E-state index contributed by atoms with van der Waals surface area (Å²) in [6, 6.07) is 18.3. The van der Waals surface area contributed by atoms with Gasteiger partial charge in [-0.05, 0) is 42.0 Å². The largest absolute Gasteiger partial charge is 0.378 e. The van der Waals surface area contributed by atoms with E-state index in [0.29, 0.717) is 5.75 Å². The van der Waals surface area contributed by atoms with Crippen molar-refractivity contribution in [2.24, 2.45) is 0 Å². The van der Waals surface area contributed by atoms with Gasteiger partial charge in [0.15, 0.2) is 5.75 Å². The molecule has 3 aromatic carbocycles. The number of hydrogen-bond acceptors (Lipinski definition) is 4. The molecule has 0 atom stereocenters. The van der Waals surface area contributed by atoms with E-state index in [1.54, 1.807) is 35.6 Å². The standard InChI is InChI=1S/C19H14O3S2/c1-13-6-8-15(9-7-13)24(20,21)22-19-16-5-3-2-4-14(16)12-18-17(19)10-11-23-18/h2-12H,1H3. The Balaban J connectivity index is 1.91. The van der Waals surface area contributed by atoms with Crippen LogP contribution in [-0.2, 0) is 10.1 Å². The molecule has 3 nitrogen and oxygen atoms in total. The molecule has 1 aromatic heterocycles. The van der Waals surface area contributed by atoms with Crippen molar-refractivity contribution in [3.63, 3.8) is 0 Å². The Kier molecular flexibility index (Phi) is 3.55. The van der Waals surface area contributed by atoms with E-state index in [9.17, 15) is 8.42 Å². The molecule has 0 aliphatic rings. The van der Waals surface area contributed by atoms with E-state index in [4.69, 9.17) is 4.18 Å². The highest BCUT2D eigenvalue weighted by Crippen LogP contribution is 2.38. The highest BCUT2D eigenvalue weighted by molar-refractivity contribution is 7.87. The smallest absolute Gasteiger partial charge is 0.339 e. The van der Waals surface area contributed by atoms with Gasteiger partial charge in [0.2, 0.25) is 0 Å². The minimum absolute atomic E-state index is 0.157. The van der Waals surface area contributed by atoms with Gasteiger partial charge in [-0.15, -0.1) is 11.3 Å². The fourth-order valence-corrected chi connectivity index (χ4v) is 4.49. The van der Waals surface area contributed by atoms with E-state index in [0.717, 1.165) is 26.4 Å². The van der Waals surface area contributed by atoms with Gasteiger partial charge in [-0.25, -0.2) is 0 Å². The van der Waals surface area contributed by atoms with Crippen LogP contribution in [0.5, 0.6) is 5.75 Å². The highest BCUT2D eigenvalue weighted by Gasteiger charge is 2.20. The molecule has 0 fully saturated rings. The van der Waals surface area contributed by atoms with Crippen LogP contribution in [0.15, 0.2) is 70.9 Å². The van der Waals surface area contributed by atoms with Crippen molar-refractivity contribution in [3.05, 3.63) is 71.6 Å². The van der Waals surface area contributed by atoms with Crippen molar-refractivity contribution < 1.29 is 12.6 Å². The first kappa shape index (κ1) is 15.2. The number of hydrogen-bond donors (Lipinski definition) is 0. The molecule has 0 unspecified atom stereocenters. The third-order valence-corrected chi connectivity index (χ3v) is 6.03. The molecule has 120 valence electrons. The lowest BCUT2D eigenvalue weighted by molar-refractivity contribution is 0.491. The zero-order valence-electron chi connectivity index (χ0n) is 12.9. The lowest BCUT2D eigenvalue weighted by Gasteiger charge is -2.11. The molecule has 0 amide bonds. The number of benzene rings is 3. The second-order valence-corrected chi connectivity index (χ2v) is 8.10. The highest BCUT2D eigenvalue weighted by atomic mass is 32.2. The Bertz CT molecular complexity index is 1140. The summed E-state index contributed by atoms with van der Waals surface area (Å²) in [6.45, 7) is 1.91. The Hall–Kier alpha value is -2.37. The molecule has 0 aliphatic carbocycles. The topological polar surface area (TPSA) is 43.4 Å². The van der Waals surface area contributed by atoms with Crippen molar-refractivity contribution in [1.82, 2.24) is 0 Å². The molecule has 0 N–H and O–H groups in total. The van der Waals surface area contributed by atoms with Gasteiger partial charge in [0.1, 0.15) is 4.90 Å². The molecule has 0 saturated heterocycles. The molecule has 5 heteroatoms. The van der Waals surface area contributed by atoms with Gasteiger partial charge in [0.25, 0.3) is 0 Å². The Morgan fingerprint density at radius 1 is 0.917 bits per heavy atom. The molecule has 0 spiro atoms. The van der Waals surface area contributed by atoms with Crippen molar-refractivity contribution >= 4 is 42.3 Å². The van der Waals surface area contributed by atoms with Gasteiger partial charge in [-0.3, -0.25) is 0 Å². The fraction of sp³-hybridized carbons (Fsp3) is 0.0526. The summed E-state index contributed by atoms with van der Waals surface area (Å²) in [5.74, 6) is 0.393. The minimum Gasteiger partial charge on any atom is -0.378 e. The Morgan fingerprint density at radius 2 is 1.67 bits per heavy atom. The number of thiophene rings is 1. The maximum Gasteiger partial charge on any atom is 0.339 e. The van der Waals surface area contributed by atoms with Gasteiger partial charge in [-0.2, -0.15) is 8.42 Å². The van der Waals surface area contributed by atoms with Gasteiger partial charge in [0.05, 0.1) is 0 Å². The molecule has 4 aromatic rings. The van der Waals surface area contributed by atoms with E-state index in [1.807, 2.05) is 42.6 Å². The van der Waals surface area contributed by atoms with Crippen molar-refractivity contribution in [2.75, 3.05) is 0 Å². The monoisotopic (exact) mass is 354 g/mol. The van der Waals surface area contributed by atoms with Crippen LogP contribution in [0.25, 0.3) is 20.9 Å². The third kappa shape index (κ3) is 2.56. The third-order valence-electron chi connectivity index (χ3n) is 3.93. The molecular formula is C19H14O3S2. The molecular weight excluding hydrogens is 340 g/mol. The summed E-state index contributed by atoms with van der Waals surface area (Å²) in [7, 11) is -3.89. The summed E-state index contributed by atoms with van der Waals surface area (Å²) < 4.78 is 32.0. The minimum atomic E-state index is -3.89. The van der Waals surface area contributed by atoms with Crippen LogP contribution < -0.4 is 4.18 Å². The summed E-state index contributed by atoms with van der Waals surface area (Å²) in [5, 5.41) is 4.50. The molecule has 0 bridgehead atoms. The summed E-state index contributed by atoms with van der Waals surface area (Å²) >= 11 is 1.57. The van der Waals surface area contributed by atoms with E-state index >= 15 is 0 Å². The van der Waals surface area contributed by atoms with Crippen LogP contribution in [-0.4, -0.2) is 8.42 Å². The van der Waals surface area contributed by atoms with E-state index < -0.39 is 10.1 Å². The number of rotatable bonds is 3. The average molecular weight is 354 g/mol. The summed E-state index contributed by atoms with van der Waals surface area (Å²) in [4.78, 5) is 0.157. The van der Waals surface area contributed by atoms with Gasteiger partial charge >= 0.3 is 10.1 Å². The normalized spacial score (nSPS) is 11.9. The quantitative estimate of drug-likeness (QED) is 0.479. The van der Waals surface area contributed by atoms with Gasteiger partial charge < -0.3 is 4.18 Å². The Labute approximate surface area is 144 Å². The predicted molar refractivity (Wildman–Crippen MR) is 98.3 cm³/mol. The van der Waals surface area contributed by atoms with E-state index in [2.05, 4.69) is 6.07 Å². The average Bonchev–Trinajstić information content (AvgIpc) is 3.03. The molecule has 0 saturated carbocycles. The van der Waals surface area contributed by atoms with Crippen LogP contribution in [0.1, 0.15) is 5.56 Å². The van der Waals surface area contributed by atoms with Crippen LogP contribution in [0.4, 0.5) is 0 Å². The van der Waals surface area contributed by atoms with Crippen LogP contribution in [0, 0.1) is 6.92 Å². The van der Waals surface area contributed by atoms with E-state index in [1.165, 1.54) is 0 Å². The van der Waals surface area contributed by atoms with E-state index in [-0.39, 0.29) is 4.90 Å². The lowest BCUT2D eigenvalue weighted by atomic mass is 10.1. The first-order chi connectivity index (χ1) is 11.5. The molecule has 24 heavy (non-hydrogen) atoms. The van der Waals surface area contributed by atoms with Crippen LogP contribution >= 0.6 is 11.3 Å². The molecule has 0 aliphatic heterocycles. The number of fused-ring (bicyclic) bond motifs is 2. The molecule has 1 heterocycles. The van der Waals surface area contributed by atoms with Gasteiger partial charge in [0, 0.05) is 15.5 Å². The van der Waals surface area contributed by atoms with Crippen molar-refractivity contribution in [2.45, 2.75) is 11.8 Å². The second-order valence-electron chi connectivity index (χ2n) is 5.61. The first-order valence-corrected chi connectivity index (χ1v) is 9.73. The fourth-order valence-electron chi connectivity index (χ4n) is 2.69. The predicted octanol–water partition coefficient (Wildman–Crippen LogP) is 5.13. The molecule has 0 radical (unpaired) electrons.